The first-order valence-electron chi connectivity index (χ1n) is 6.02. The summed E-state index contributed by atoms with van der Waals surface area (Å²) in [5.41, 5.74) is 0. The molecule has 0 aromatic carbocycles. The molecule has 4 heteroatoms. The number of hydrogen-bond acceptors (Lipinski definition) is 3. The van der Waals surface area contributed by atoms with Crippen LogP contribution in [0, 0.1) is 17.2 Å². The molecule has 0 aromatic heterocycles. The van der Waals surface area contributed by atoms with Crippen LogP contribution in [0.1, 0.15) is 33.1 Å². The highest BCUT2D eigenvalue weighted by atomic mass is 32.2. The zero-order chi connectivity index (χ0) is 12.0. The van der Waals surface area contributed by atoms with Gasteiger partial charge in [0.15, 0.2) is 0 Å². The van der Waals surface area contributed by atoms with E-state index in [9.17, 15) is 4.79 Å². The van der Waals surface area contributed by atoms with E-state index in [-0.39, 0.29) is 5.91 Å². The molecule has 0 spiro atoms. The van der Waals surface area contributed by atoms with Gasteiger partial charge in [-0.3, -0.25) is 4.79 Å². The number of hydrogen-bond donors (Lipinski definition) is 0. The van der Waals surface area contributed by atoms with Gasteiger partial charge < -0.3 is 4.90 Å². The van der Waals surface area contributed by atoms with Crippen LogP contribution < -0.4 is 0 Å². The molecular formula is C12H20N2OS. The van der Waals surface area contributed by atoms with E-state index in [0.29, 0.717) is 11.7 Å². The molecule has 2 atom stereocenters. The van der Waals surface area contributed by atoms with E-state index in [2.05, 4.69) is 13.0 Å². The topological polar surface area (TPSA) is 44.1 Å². The highest BCUT2D eigenvalue weighted by Gasteiger charge is 2.27. The fraction of sp³-hybridized carbons (Fsp3) is 0.833. The van der Waals surface area contributed by atoms with Crippen LogP contribution in [0.5, 0.6) is 0 Å². The number of nitrogens with zero attached hydrogens (tertiary/aromatic N) is 2. The van der Waals surface area contributed by atoms with Crippen molar-refractivity contribution in [3.05, 3.63) is 0 Å². The molecule has 0 aromatic rings. The van der Waals surface area contributed by atoms with Crippen molar-refractivity contribution >= 4 is 17.7 Å². The van der Waals surface area contributed by atoms with Crippen LogP contribution in [0.3, 0.4) is 0 Å². The maximum absolute atomic E-state index is 12.1. The molecule has 1 amide bonds. The lowest BCUT2D eigenvalue weighted by atomic mass is 10.0. The monoisotopic (exact) mass is 240 g/mol. The molecule has 1 rings (SSSR count). The van der Waals surface area contributed by atoms with Gasteiger partial charge in [-0.1, -0.05) is 20.3 Å². The first-order chi connectivity index (χ1) is 7.72. The number of carbonyl (C=O) groups is 1. The second-order valence-electron chi connectivity index (χ2n) is 4.16. The fourth-order valence-corrected chi connectivity index (χ4v) is 3.10. The predicted molar refractivity (Wildman–Crippen MR) is 67.1 cm³/mol. The molecule has 0 aliphatic carbocycles. The van der Waals surface area contributed by atoms with Gasteiger partial charge >= 0.3 is 0 Å². The second-order valence-corrected chi connectivity index (χ2v) is 5.56. The lowest BCUT2D eigenvalue weighted by molar-refractivity contribution is -0.133. The molecule has 1 aliphatic rings. The summed E-state index contributed by atoms with van der Waals surface area (Å²) in [7, 11) is 0. The number of rotatable bonds is 4. The Morgan fingerprint density at radius 2 is 2.38 bits per heavy atom. The number of nitriles is 1. The summed E-state index contributed by atoms with van der Waals surface area (Å²) in [4.78, 5) is 14.0. The molecular weight excluding hydrogens is 220 g/mol. The van der Waals surface area contributed by atoms with Gasteiger partial charge in [0.2, 0.25) is 5.91 Å². The van der Waals surface area contributed by atoms with Gasteiger partial charge in [-0.2, -0.15) is 17.0 Å². The molecule has 0 N–H and O–H groups in total. The van der Waals surface area contributed by atoms with Crippen LogP contribution in [0.4, 0.5) is 0 Å². The van der Waals surface area contributed by atoms with Gasteiger partial charge in [-0.15, -0.1) is 0 Å². The Kier molecular flexibility index (Phi) is 5.68. The summed E-state index contributed by atoms with van der Waals surface area (Å²) in [5.74, 6) is 0.628. The number of carbonyl (C=O) groups excluding carboxylic acids is 1. The van der Waals surface area contributed by atoms with Gasteiger partial charge in [0.25, 0.3) is 0 Å². The molecule has 1 heterocycles. The van der Waals surface area contributed by atoms with E-state index in [1.807, 2.05) is 23.6 Å². The quantitative estimate of drug-likeness (QED) is 0.757. The molecule has 0 bridgehead atoms. The second kappa shape index (κ2) is 6.80. The van der Waals surface area contributed by atoms with E-state index in [1.54, 1.807) is 0 Å². The Bertz CT molecular complexity index is 275. The van der Waals surface area contributed by atoms with Crippen LogP contribution in [0.2, 0.25) is 0 Å². The number of thioether (sulfide) groups is 1. The SMILES string of the molecule is CCCC(C#N)C(=O)N1CCSC(CC)C1. The fourth-order valence-electron chi connectivity index (χ4n) is 1.92. The van der Waals surface area contributed by atoms with Gasteiger partial charge in [0.1, 0.15) is 5.92 Å². The first kappa shape index (κ1) is 13.4. The summed E-state index contributed by atoms with van der Waals surface area (Å²) in [5, 5.41) is 9.53. The van der Waals surface area contributed by atoms with Crippen LogP contribution in [0.15, 0.2) is 0 Å². The summed E-state index contributed by atoms with van der Waals surface area (Å²) >= 11 is 1.94. The van der Waals surface area contributed by atoms with Crippen molar-refractivity contribution in [2.75, 3.05) is 18.8 Å². The molecule has 3 nitrogen and oxygen atoms in total. The van der Waals surface area contributed by atoms with Gasteiger partial charge in [-0.05, 0) is 12.8 Å². The highest BCUT2D eigenvalue weighted by Crippen LogP contribution is 2.23. The molecule has 0 saturated carbocycles. The summed E-state index contributed by atoms with van der Waals surface area (Å²) in [6.07, 6.45) is 2.68. The Labute approximate surface area is 102 Å². The van der Waals surface area contributed by atoms with Crippen LogP contribution in [-0.4, -0.2) is 34.9 Å². The largest absolute Gasteiger partial charge is 0.340 e. The van der Waals surface area contributed by atoms with E-state index in [4.69, 9.17) is 5.26 Å². The van der Waals surface area contributed by atoms with Crippen molar-refractivity contribution in [1.29, 1.82) is 5.26 Å². The van der Waals surface area contributed by atoms with E-state index in [0.717, 1.165) is 31.7 Å². The third kappa shape index (κ3) is 3.41. The van der Waals surface area contributed by atoms with Crippen molar-refractivity contribution in [2.24, 2.45) is 5.92 Å². The van der Waals surface area contributed by atoms with Crippen molar-refractivity contribution in [3.8, 4) is 6.07 Å². The zero-order valence-electron chi connectivity index (χ0n) is 10.1. The van der Waals surface area contributed by atoms with E-state index >= 15 is 0 Å². The van der Waals surface area contributed by atoms with Gasteiger partial charge in [-0.25, -0.2) is 0 Å². The summed E-state index contributed by atoms with van der Waals surface area (Å²) in [6.45, 7) is 5.79. The van der Waals surface area contributed by atoms with Gasteiger partial charge in [0, 0.05) is 24.1 Å². The van der Waals surface area contributed by atoms with Crippen LogP contribution >= 0.6 is 11.8 Å². The van der Waals surface area contributed by atoms with Gasteiger partial charge in [0.05, 0.1) is 6.07 Å². The Morgan fingerprint density at radius 3 is 2.94 bits per heavy atom. The van der Waals surface area contributed by atoms with Crippen LogP contribution in [0.25, 0.3) is 0 Å². The maximum atomic E-state index is 12.1. The minimum Gasteiger partial charge on any atom is -0.340 e. The van der Waals surface area contributed by atoms with Crippen molar-refractivity contribution in [1.82, 2.24) is 4.90 Å². The molecule has 0 radical (unpaired) electrons. The lowest BCUT2D eigenvalue weighted by Crippen LogP contribution is -2.44. The Morgan fingerprint density at radius 1 is 1.62 bits per heavy atom. The summed E-state index contributed by atoms with van der Waals surface area (Å²) < 4.78 is 0. The molecule has 1 fully saturated rings. The van der Waals surface area contributed by atoms with Crippen molar-refractivity contribution < 1.29 is 4.79 Å². The summed E-state index contributed by atoms with van der Waals surface area (Å²) in [6, 6.07) is 2.13. The Balaban J connectivity index is 2.55. The molecule has 1 aliphatic heterocycles. The molecule has 90 valence electrons. The molecule has 16 heavy (non-hydrogen) atoms. The molecule has 1 saturated heterocycles. The molecule has 2 unspecified atom stereocenters. The third-order valence-electron chi connectivity index (χ3n) is 2.94. The minimum absolute atomic E-state index is 0.0445. The predicted octanol–water partition coefficient (Wildman–Crippen LogP) is 2.28. The number of amides is 1. The third-order valence-corrected chi connectivity index (χ3v) is 4.31. The standard InChI is InChI=1S/C12H20N2OS/c1-3-5-10(8-13)12(15)14-6-7-16-11(4-2)9-14/h10-11H,3-7,9H2,1-2H3. The Hall–Kier alpha value is -0.690. The average Bonchev–Trinajstić information content (AvgIpc) is 2.35. The minimum atomic E-state index is -0.425. The van der Waals surface area contributed by atoms with Crippen molar-refractivity contribution in [3.63, 3.8) is 0 Å². The maximum Gasteiger partial charge on any atom is 0.239 e. The average molecular weight is 240 g/mol. The lowest BCUT2D eigenvalue weighted by Gasteiger charge is -2.33. The van der Waals surface area contributed by atoms with Crippen LogP contribution in [-0.2, 0) is 4.79 Å². The van der Waals surface area contributed by atoms with E-state index in [1.165, 1.54) is 0 Å². The first-order valence-corrected chi connectivity index (χ1v) is 7.07. The highest BCUT2D eigenvalue weighted by molar-refractivity contribution is 8.00. The normalized spacial score (nSPS) is 22.6. The smallest absolute Gasteiger partial charge is 0.239 e. The zero-order valence-corrected chi connectivity index (χ0v) is 10.9. The van der Waals surface area contributed by atoms with E-state index < -0.39 is 5.92 Å². The van der Waals surface area contributed by atoms with Crippen molar-refractivity contribution in [2.45, 2.75) is 38.4 Å².